The van der Waals surface area contributed by atoms with Crippen LogP contribution < -0.4 is 4.90 Å². The highest BCUT2D eigenvalue weighted by Gasteiger charge is 2.21. The molecule has 0 aliphatic heterocycles. The Bertz CT molecular complexity index is 2870. The maximum Gasteiger partial charge on any atom is 0.143 e. The molecule has 0 saturated carbocycles. The van der Waals surface area contributed by atoms with Gasteiger partial charge in [0.25, 0.3) is 0 Å². The van der Waals surface area contributed by atoms with Crippen LogP contribution in [0, 0.1) is 0 Å². The number of fused-ring (bicyclic) bond motifs is 7. The third-order valence-electron chi connectivity index (χ3n) is 10.0. The van der Waals surface area contributed by atoms with E-state index < -0.39 is 0 Å². The summed E-state index contributed by atoms with van der Waals surface area (Å²) in [7, 11) is 0. The molecule has 9 aromatic carbocycles. The first-order valence-electron chi connectivity index (χ1n) is 17.1. The van der Waals surface area contributed by atoms with E-state index in [9.17, 15) is 0 Å². The normalized spacial score (nSPS) is 11.6. The topological polar surface area (TPSA) is 16.4 Å². The zero-order chi connectivity index (χ0) is 33.0. The maximum atomic E-state index is 6.84. The monoisotopic (exact) mass is 637 g/mol. The van der Waals surface area contributed by atoms with Crippen molar-refractivity contribution in [2.75, 3.05) is 4.90 Å². The molecule has 2 heteroatoms. The van der Waals surface area contributed by atoms with Crippen molar-refractivity contribution >= 4 is 71.3 Å². The third-order valence-corrected chi connectivity index (χ3v) is 10.0. The maximum absolute atomic E-state index is 6.84. The van der Waals surface area contributed by atoms with Gasteiger partial charge in [-0.05, 0) is 74.5 Å². The number of hydrogen-bond acceptors (Lipinski definition) is 2. The molecule has 50 heavy (non-hydrogen) atoms. The largest absolute Gasteiger partial charge is 0.455 e. The molecular formula is C48H31NO. The summed E-state index contributed by atoms with van der Waals surface area (Å²) in [6.07, 6.45) is 0. The molecule has 0 N–H and O–H groups in total. The molecule has 0 bridgehead atoms. The highest BCUT2D eigenvalue weighted by molar-refractivity contribution is 6.17. The van der Waals surface area contributed by atoms with Crippen LogP contribution in [0.15, 0.2) is 192 Å². The Morgan fingerprint density at radius 2 is 0.880 bits per heavy atom. The molecule has 0 radical (unpaired) electrons. The van der Waals surface area contributed by atoms with Crippen molar-refractivity contribution in [3.63, 3.8) is 0 Å². The molecule has 0 unspecified atom stereocenters. The van der Waals surface area contributed by atoms with E-state index in [0.29, 0.717) is 0 Å². The Balaban J connectivity index is 1.18. The zero-order valence-electron chi connectivity index (χ0n) is 27.3. The lowest BCUT2D eigenvalue weighted by molar-refractivity contribution is 0.674. The number of rotatable bonds is 5. The lowest BCUT2D eigenvalue weighted by Crippen LogP contribution is -2.11. The van der Waals surface area contributed by atoms with Gasteiger partial charge in [0.05, 0.1) is 5.69 Å². The molecule has 0 aliphatic rings. The smallest absolute Gasteiger partial charge is 0.143 e. The van der Waals surface area contributed by atoms with Crippen LogP contribution in [-0.2, 0) is 0 Å². The summed E-state index contributed by atoms with van der Waals surface area (Å²) in [6, 6.07) is 67.5. The predicted molar refractivity (Wildman–Crippen MR) is 212 cm³/mol. The summed E-state index contributed by atoms with van der Waals surface area (Å²) in [5.74, 6) is 0. The fourth-order valence-electron chi connectivity index (χ4n) is 7.64. The van der Waals surface area contributed by atoms with Crippen LogP contribution in [0.2, 0.25) is 0 Å². The van der Waals surface area contributed by atoms with Crippen molar-refractivity contribution < 1.29 is 4.42 Å². The molecule has 2 nitrogen and oxygen atoms in total. The Labute approximate surface area is 290 Å². The number of nitrogens with zero attached hydrogens (tertiary/aromatic N) is 1. The van der Waals surface area contributed by atoms with Crippen molar-refractivity contribution in [1.82, 2.24) is 0 Å². The van der Waals surface area contributed by atoms with Crippen LogP contribution in [0.1, 0.15) is 0 Å². The lowest BCUT2D eigenvalue weighted by Gasteiger charge is -2.28. The number of benzene rings is 9. The van der Waals surface area contributed by atoms with E-state index in [2.05, 4.69) is 193 Å². The van der Waals surface area contributed by atoms with E-state index in [1.807, 2.05) is 0 Å². The van der Waals surface area contributed by atoms with Crippen LogP contribution in [0.5, 0.6) is 0 Å². The van der Waals surface area contributed by atoms with Gasteiger partial charge in [-0.1, -0.05) is 152 Å². The molecule has 10 rings (SSSR count). The predicted octanol–water partition coefficient (Wildman–Crippen LogP) is 13.8. The molecule has 10 aromatic rings. The molecule has 0 atom stereocenters. The van der Waals surface area contributed by atoms with Gasteiger partial charge >= 0.3 is 0 Å². The van der Waals surface area contributed by atoms with Crippen molar-refractivity contribution in [1.29, 1.82) is 0 Å². The number of anilines is 3. The van der Waals surface area contributed by atoms with Gasteiger partial charge in [-0.25, -0.2) is 0 Å². The second kappa shape index (κ2) is 11.5. The Kier molecular flexibility index (Phi) is 6.53. The number of furan rings is 1. The van der Waals surface area contributed by atoms with E-state index in [0.717, 1.165) is 55.5 Å². The van der Waals surface area contributed by atoms with Gasteiger partial charge in [0, 0.05) is 38.7 Å². The van der Waals surface area contributed by atoms with Gasteiger partial charge in [0.1, 0.15) is 11.2 Å². The van der Waals surface area contributed by atoms with E-state index in [-0.39, 0.29) is 0 Å². The Morgan fingerprint density at radius 1 is 0.320 bits per heavy atom. The van der Waals surface area contributed by atoms with Gasteiger partial charge in [-0.15, -0.1) is 0 Å². The molecule has 0 saturated heterocycles. The fourth-order valence-corrected chi connectivity index (χ4v) is 7.64. The van der Waals surface area contributed by atoms with Crippen LogP contribution in [0.25, 0.3) is 76.5 Å². The first kappa shape index (κ1) is 28.4. The average molecular weight is 638 g/mol. The summed E-state index contributed by atoms with van der Waals surface area (Å²) in [4.78, 5) is 2.38. The summed E-state index contributed by atoms with van der Waals surface area (Å²) in [6.45, 7) is 0. The van der Waals surface area contributed by atoms with E-state index in [1.54, 1.807) is 0 Å². The lowest BCUT2D eigenvalue weighted by atomic mass is 9.97. The number of hydrogen-bond donors (Lipinski definition) is 0. The fraction of sp³-hybridized carbons (Fsp3) is 0. The molecule has 0 aliphatic carbocycles. The minimum atomic E-state index is 0.899. The molecule has 0 amide bonds. The number of para-hydroxylation sites is 2. The molecule has 234 valence electrons. The molecule has 0 spiro atoms. The highest BCUT2D eigenvalue weighted by atomic mass is 16.3. The average Bonchev–Trinajstić information content (AvgIpc) is 3.58. The SMILES string of the molecule is c1ccc(N(c2ccc(-c3cccc4ccccc34)cc2)c2ccc3ccccc3c2)c(-c2cccc3c2oc2c4ccccc4ccc32)c1. The first-order valence-corrected chi connectivity index (χ1v) is 17.1. The molecular weight excluding hydrogens is 607 g/mol. The zero-order valence-corrected chi connectivity index (χ0v) is 27.3. The van der Waals surface area contributed by atoms with Gasteiger partial charge in [-0.2, -0.15) is 0 Å². The highest BCUT2D eigenvalue weighted by Crippen LogP contribution is 2.45. The van der Waals surface area contributed by atoms with Gasteiger partial charge in [0.15, 0.2) is 0 Å². The van der Waals surface area contributed by atoms with Gasteiger partial charge < -0.3 is 9.32 Å². The van der Waals surface area contributed by atoms with Crippen molar-refractivity contribution in [3.05, 3.63) is 188 Å². The standard InChI is InChI=1S/C48H31NO/c1-2-14-36-31-38(29-23-32(36)11-1)49(37-27-24-35(25-28-37)40-19-9-15-33-12-3-5-16-39(33)40)46-22-8-7-18-42(46)43-20-10-21-44-45-30-26-34-13-4-6-17-41(34)47(45)50-48(43)44/h1-31H. The van der Waals surface area contributed by atoms with Crippen molar-refractivity contribution in [2.24, 2.45) is 0 Å². The molecule has 0 fully saturated rings. The minimum absolute atomic E-state index is 0.899. The Hall–Kier alpha value is -6.64. The van der Waals surface area contributed by atoms with Crippen molar-refractivity contribution in [3.8, 4) is 22.3 Å². The summed E-state index contributed by atoms with van der Waals surface area (Å²) in [5.41, 5.74) is 9.68. The molecule has 1 aromatic heterocycles. The second-order valence-corrected chi connectivity index (χ2v) is 12.9. The van der Waals surface area contributed by atoms with E-state index in [1.165, 1.54) is 38.1 Å². The molecule has 1 heterocycles. The summed E-state index contributed by atoms with van der Waals surface area (Å²) >= 11 is 0. The van der Waals surface area contributed by atoms with E-state index in [4.69, 9.17) is 4.42 Å². The Morgan fingerprint density at radius 3 is 1.74 bits per heavy atom. The first-order chi connectivity index (χ1) is 24.8. The van der Waals surface area contributed by atoms with Gasteiger partial charge in [0.2, 0.25) is 0 Å². The second-order valence-electron chi connectivity index (χ2n) is 12.9. The van der Waals surface area contributed by atoms with E-state index >= 15 is 0 Å². The van der Waals surface area contributed by atoms with Crippen LogP contribution in [0.3, 0.4) is 0 Å². The summed E-state index contributed by atoms with van der Waals surface area (Å²) in [5, 5.41) is 9.48. The van der Waals surface area contributed by atoms with Crippen LogP contribution in [-0.4, -0.2) is 0 Å². The van der Waals surface area contributed by atoms with Crippen LogP contribution >= 0.6 is 0 Å². The quantitative estimate of drug-likeness (QED) is 0.187. The van der Waals surface area contributed by atoms with Gasteiger partial charge in [-0.3, -0.25) is 0 Å². The minimum Gasteiger partial charge on any atom is -0.455 e. The summed E-state index contributed by atoms with van der Waals surface area (Å²) < 4.78 is 6.84. The van der Waals surface area contributed by atoms with Crippen molar-refractivity contribution in [2.45, 2.75) is 0 Å². The third kappa shape index (κ3) is 4.57. The van der Waals surface area contributed by atoms with Crippen LogP contribution in [0.4, 0.5) is 17.1 Å².